The average molecular weight is 386 g/mol. The molecule has 1 heterocycles. The maximum atomic E-state index is 13.5. The number of aromatic nitrogens is 1. The molecular formula is C20H19FN2O3S. The zero-order valence-corrected chi connectivity index (χ0v) is 15.8. The molecule has 2 aromatic carbocycles. The van der Waals surface area contributed by atoms with Crippen LogP contribution >= 0.6 is 0 Å². The van der Waals surface area contributed by atoms with Gasteiger partial charge in [0, 0.05) is 18.5 Å². The van der Waals surface area contributed by atoms with Crippen LogP contribution in [0.25, 0.3) is 0 Å². The van der Waals surface area contributed by atoms with Gasteiger partial charge in [-0.25, -0.2) is 12.8 Å². The van der Waals surface area contributed by atoms with Crippen LogP contribution < -0.4 is 9.04 Å². The highest BCUT2D eigenvalue weighted by Gasteiger charge is 2.27. The van der Waals surface area contributed by atoms with Crippen molar-refractivity contribution in [3.8, 4) is 5.75 Å². The largest absolute Gasteiger partial charge is 0.497 e. The lowest BCUT2D eigenvalue weighted by Crippen LogP contribution is -2.31. The van der Waals surface area contributed by atoms with Crippen LogP contribution in [0.2, 0.25) is 0 Å². The second-order valence-corrected chi connectivity index (χ2v) is 7.81. The summed E-state index contributed by atoms with van der Waals surface area (Å²) in [7, 11) is -2.42. The number of benzene rings is 2. The molecule has 0 spiro atoms. The lowest BCUT2D eigenvalue weighted by molar-refractivity contribution is 0.415. The lowest BCUT2D eigenvalue weighted by Gasteiger charge is -2.25. The maximum Gasteiger partial charge on any atom is 0.264 e. The fourth-order valence-corrected chi connectivity index (χ4v) is 4.41. The Kier molecular flexibility index (Phi) is 5.41. The van der Waals surface area contributed by atoms with Gasteiger partial charge in [-0.1, -0.05) is 12.1 Å². The van der Waals surface area contributed by atoms with E-state index in [0.29, 0.717) is 17.0 Å². The number of hydrogen-bond donors (Lipinski definition) is 0. The smallest absolute Gasteiger partial charge is 0.264 e. The number of halogens is 1. The van der Waals surface area contributed by atoms with Crippen LogP contribution in [0.4, 0.5) is 10.1 Å². The monoisotopic (exact) mass is 386 g/mol. The SMILES string of the molecule is COc1cccc(N(Cc2cccnc2)S(=O)(=O)c2ccc(F)cc2C)c1. The van der Waals surface area contributed by atoms with Crippen LogP contribution in [-0.4, -0.2) is 20.5 Å². The van der Waals surface area contributed by atoms with Crippen molar-refractivity contribution < 1.29 is 17.5 Å². The van der Waals surface area contributed by atoms with E-state index in [1.165, 1.54) is 23.5 Å². The summed E-state index contributed by atoms with van der Waals surface area (Å²) in [6.07, 6.45) is 3.23. The number of nitrogens with zero attached hydrogens (tertiary/aromatic N) is 2. The van der Waals surface area contributed by atoms with E-state index in [4.69, 9.17) is 4.74 Å². The first-order valence-electron chi connectivity index (χ1n) is 8.23. The van der Waals surface area contributed by atoms with Gasteiger partial charge in [-0.3, -0.25) is 9.29 Å². The van der Waals surface area contributed by atoms with Crippen molar-refractivity contribution in [2.45, 2.75) is 18.4 Å². The molecule has 1 aromatic heterocycles. The van der Waals surface area contributed by atoms with Crippen molar-refractivity contribution in [3.05, 3.63) is 83.9 Å². The lowest BCUT2D eigenvalue weighted by atomic mass is 10.2. The fraction of sp³-hybridized carbons (Fsp3) is 0.150. The predicted molar refractivity (Wildman–Crippen MR) is 102 cm³/mol. The molecule has 3 aromatic rings. The quantitative estimate of drug-likeness (QED) is 0.644. The van der Waals surface area contributed by atoms with Crippen molar-refractivity contribution in [2.24, 2.45) is 0 Å². The van der Waals surface area contributed by atoms with Gasteiger partial charge in [0.25, 0.3) is 10.0 Å². The van der Waals surface area contributed by atoms with E-state index < -0.39 is 15.8 Å². The minimum atomic E-state index is -3.94. The van der Waals surface area contributed by atoms with Crippen molar-refractivity contribution in [3.63, 3.8) is 0 Å². The molecule has 0 saturated carbocycles. The Labute approximate surface area is 158 Å². The number of hydrogen-bond acceptors (Lipinski definition) is 4. The maximum absolute atomic E-state index is 13.5. The topological polar surface area (TPSA) is 59.5 Å². The third-order valence-corrected chi connectivity index (χ3v) is 6.03. The molecule has 0 radical (unpaired) electrons. The van der Waals surface area contributed by atoms with Crippen LogP contribution in [0, 0.1) is 12.7 Å². The summed E-state index contributed by atoms with van der Waals surface area (Å²) < 4.78 is 46.8. The van der Waals surface area contributed by atoms with Crippen LogP contribution in [0.15, 0.2) is 71.9 Å². The number of ether oxygens (including phenoxy) is 1. The molecular weight excluding hydrogens is 367 g/mol. The summed E-state index contributed by atoms with van der Waals surface area (Å²) in [5.41, 5.74) is 1.51. The summed E-state index contributed by atoms with van der Waals surface area (Å²) in [6, 6.07) is 14.0. The summed E-state index contributed by atoms with van der Waals surface area (Å²) in [4.78, 5) is 4.10. The number of pyridine rings is 1. The van der Waals surface area contributed by atoms with E-state index >= 15 is 0 Å². The Bertz CT molecular complexity index is 1040. The number of sulfonamides is 1. The van der Waals surface area contributed by atoms with E-state index in [1.54, 1.807) is 55.7 Å². The third kappa shape index (κ3) is 4.09. The molecule has 0 bridgehead atoms. The molecule has 0 aliphatic heterocycles. The van der Waals surface area contributed by atoms with Gasteiger partial charge in [0.2, 0.25) is 0 Å². The molecule has 3 rings (SSSR count). The molecule has 0 amide bonds. The molecule has 0 saturated heterocycles. The summed E-state index contributed by atoms with van der Waals surface area (Å²) in [5.74, 6) is 0.0568. The van der Waals surface area contributed by atoms with Gasteiger partial charge >= 0.3 is 0 Å². The highest BCUT2D eigenvalue weighted by atomic mass is 32.2. The molecule has 0 aliphatic carbocycles. The van der Waals surface area contributed by atoms with E-state index in [-0.39, 0.29) is 11.4 Å². The predicted octanol–water partition coefficient (Wildman–Crippen LogP) is 3.93. The van der Waals surface area contributed by atoms with Crippen LogP contribution in [-0.2, 0) is 16.6 Å². The molecule has 27 heavy (non-hydrogen) atoms. The van der Waals surface area contributed by atoms with Crippen molar-refractivity contribution >= 4 is 15.7 Å². The Morgan fingerprint density at radius 3 is 2.59 bits per heavy atom. The molecule has 7 heteroatoms. The number of methoxy groups -OCH3 is 1. The van der Waals surface area contributed by atoms with Gasteiger partial charge in [0.1, 0.15) is 11.6 Å². The Balaban J connectivity index is 2.13. The first kappa shape index (κ1) is 18.8. The van der Waals surface area contributed by atoms with E-state index in [1.807, 2.05) is 0 Å². The first-order valence-corrected chi connectivity index (χ1v) is 9.67. The zero-order valence-electron chi connectivity index (χ0n) is 15.0. The van der Waals surface area contributed by atoms with Crippen molar-refractivity contribution in [1.29, 1.82) is 0 Å². The van der Waals surface area contributed by atoms with E-state index in [9.17, 15) is 12.8 Å². The summed E-state index contributed by atoms with van der Waals surface area (Å²) in [5, 5.41) is 0. The Morgan fingerprint density at radius 2 is 1.93 bits per heavy atom. The highest BCUT2D eigenvalue weighted by Crippen LogP contribution is 2.30. The van der Waals surface area contributed by atoms with Crippen LogP contribution in [0.5, 0.6) is 5.75 Å². The van der Waals surface area contributed by atoms with Crippen molar-refractivity contribution in [1.82, 2.24) is 4.98 Å². The zero-order chi connectivity index (χ0) is 19.4. The average Bonchev–Trinajstić information content (AvgIpc) is 2.66. The molecule has 140 valence electrons. The Hall–Kier alpha value is -2.93. The van der Waals surface area contributed by atoms with Gasteiger partial charge in [-0.15, -0.1) is 0 Å². The van der Waals surface area contributed by atoms with E-state index in [2.05, 4.69) is 4.98 Å². The number of anilines is 1. The number of rotatable bonds is 6. The van der Waals surface area contributed by atoms with Crippen LogP contribution in [0.1, 0.15) is 11.1 Å². The normalized spacial score (nSPS) is 11.2. The highest BCUT2D eigenvalue weighted by molar-refractivity contribution is 7.92. The Morgan fingerprint density at radius 1 is 1.11 bits per heavy atom. The van der Waals surface area contributed by atoms with Crippen molar-refractivity contribution in [2.75, 3.05) is 11.4 Å². The van der Waals surface area contributed by atoms with Gasteiger partial charge in [-0.2, -0.15) is 0 Å². The molecule has 0 unspecified atom stereocenters. The minimum Gasteiger partial charge on any atom is -0.497 e. The molecule has 5 nitrogen and oxygen atoms in total. The molecule has 0 N–H and O–H groups in total. The summed E-state index contributed by atoms with van der Waals surface area (Å²) >= 11 is 0. The second kappa shape index (κ2) is 7.75. The number of aryl methyl sites for hydroxylation is 1. The van der Waals surface area contributed by atoms with Gasteiger partial charge < -0.3 is 4.74 Å². The fourth-order valence-electron chi connectivity index (χ4n) is 2.76. The van der Waals surface area contributed by atoms with E-state index in [0.717, 1.165) is 11.6 Å². The van der Waals surface area contributed by atoms with Gasteiger partial charge in [0.15, 0.2) is 0 Å². The molecule has 0 fully saturated rings. The molecule has 0 aliphatic rings. The standard InChI is InChI=1S/C20H19FN2O3S/c1-15-11-17(21)8-9-20(15)27(24,25)23(14-16-5-4-10-22-13-16)18-6-3-7-19(12-18)26-2/h3-13H,14H2,1-2H3. The van der Waals surface area contributed by atoms with Crippen LogP contribution in [0.3, 0.4) is 0 Å². The molecule has 0 atom stereocenters. The summed E-state index contributed by atoms with van der Waals surface area (Å²) in [6.45, 7) is 1.66. The van der Waals surface area contributed by atoms with Gasteiger partial charge in [-0.05, 0) is 54.4 Å². The minimum absolute atomic E-state index is 0.0515. The first-order chi connectivity index (χ1) is 12.9. The van der Waals surface area contributed by atoms with Gasteiger partial charge in [0.05, 0.1) is 24.2 Å². The third-order valence-electron chi connectivity index (χ3n) is 4.10. The second-order valence-electron chi connectivity index (χ2n) is 5.98.